The summed E-state index contributed by atoms with van der Waals surface area (Å²) >= 11 is 7.09. The second-order valence-corrected chi connectivity index (χ2v) is 3.43. The van der Waals surface area contributed by atoms with Gasteiger partial charge in [-0.15, -0.1) is 11.8 Å². The molecule has 0 N–H and O–H groups in total. The number of carbonyl (C=O) groups excluding carboxylic acids is 1. The highest BCUT2D eigenvalue weighted by Gasteiger charge is 2.11. The average Bonchev–Trinajstić information content (AvgIpc) is 2.16. The van der Waals surface area contributed by atoms with Crippen LogP contribution in [0.4, 0.5) is 0 Å². The van der Waals surface area contributed by atoms with Gasteiger partial charge in [0.2, 0.25) is 0 Å². The smallest absolute Gasteiger partial charge is 0.340 e. The van der Waals surface area contributed by atoms with E-state index in [0.717, 1.165) is 4.90 Å². The maximum absolute atomic E-state index is 11.2. The molecule has 0 saturated heterocycles. The van der Waals surface area contributed by atoms with Gasteiger partial charge in [-0.3, -0.25) is 0 Å². The molecule has 0 radical (unpaired) electrons. The number of carbonyl (C=O) groups is 1. The lowest BCUT2D eigenvalue weighted by Gasteiger charge is -2.04. The Bertz CT molecular complexity index is 330. The fourth-order valence-corrected chi connectivity index (χ4v) is 1.65. The highest BCUT2D eigenvalue weighted by molar-refractivity contribution is 7.98. The van der Waals surface area contributed by atoms with Crippen LogP contribution in [0.5, 0.6) is 0 Å². The first-order valence-electron chi connectivity index (χ1n) is 3.47. The van der Waals surface area contributed by atoms with E-state index in [0.29, 0.717) is 10.7 Å². The Kier molecular flexibility index (Phi) is 3.57. The van der Waals surface area contributed by atoms with Crippen LogP contribution in [0.1, 0.15) is 10.4 Å². The van der Waals surface area contributed by atoms with E-state index in [2.05, 4.69) is 9.72 Å². The Morgan fingerprint density at radius 2 is 2.38 bits per heavy atom. The molecule has 0 spiro atoms. The standard InChI is InChI=1S/C8H8ClNO2S/c1-12-8(11)5-4-10-7(9)3-6(5)13-2/h3-4H,1-2H3. The van der Waals surface area contributed by atoms with Crippen molar-refractivity contribution < 1.29 is 9.53 Å². The minimum atomic E-state index is -0.395. The number of methoxy groups -OCH3 is 1. The van der Waals surface area contributed by atoms with Gasteiger partial charge in [0, 0.05) is 11.1 Å². The van der Waals surface area contributed by atoms with Crippen molar-refractivity contribution in [2.45, 2.75) is 4.90 Å². The van der Waals surface area contributed by atoms with Crippen molar-refractivity contribution in [3.05, 3.63) is 23.0 Å². The van der Waals surface area contributed by atoms with Gasteiger partial charge < -0.3 is 4.74 Å². The van der Waals surface area contributed by atoms with Crippen LogP contribution >= 0.6 is 23.4 Å². The van der Waals surface area contributed by atoms with E-state index < -0.39 is 5.97 Å². The van der Waals surface area contributed by atoms with Crippen LogP contribution in [0, 0.1) is 0 Å². The normalized spacial score (nSPS) is 9.77. The van der Waals surface area contributed by atoms with E-state index in [1.165, 1.54) is 25.1 Å². The lowest BCUT2D eigenvalue weighted by atomic mass is 10.3. The third kappa shape index (κ3) is 2.35. The molecule has 0 aliphatic heterocycles. The topological polar surface area (TPSA) is 39.2 Å². The zero-order valence-electron chi connectivity index (χ0n) is 7.20. The van der Waals surface area contributed by atoms with Crippen LogP contribution < -0.4 is 0 Å². The molecular weight excluding hydrogens is 210 g/mol. The third-order valence-corrected chi connectivity index (χ3v) is 2.44. The second kappa shape index (κ2) is 4.48. The van der Waals surface area contributed by atoms with Gasteiger partial charge >= 0.3 is 5.97 Å². The summed E-state index contributed by atoms with van der Waals surface area (Å²) in [7, 11) is 1.33. The molecule has 5 heteroatoms. The maximum Gasteiger partial charge on any atom is 0.340 e. The van der Waals surface area contributed by atoms with E-state index in [-0.39, 0.29) is 0 Å². The number of nitrogens with zero attached hydrogens (tertiary/aromatic N) is 1. The van der Waals surface area contributed by atoms with Crippen molar-refractivity contribution >= 4 is 29.3 Å². The van der Waals surface area contributed by atoms with Gasteiger partial charge in [-0.1, -0.05) is 11.6 Å². The van der Waals surface area contributed by atoms with Gasteiger partial charge in [-0.2, -0.15) is 0 Å². The summed E-state index contributed by atoms with van der Waals surface area (Å²) in [4.78, 5) is 15.8. The highest BCUT2D eigenvalue weighted by Crippen LogP contribution is 2.22. The van der Waals surface area contributed by atoms with Crippen LogP contribution in [0.15, 0.2) is 17.2 Å². The van der Waals surface area contributed by atoms with Gasteiger partial charge in [0.25, 0.3) is 0 Å². The van der Waals surface area contributed by atoms with Crippen LogP contribution in [-0.2, 0) is 4.74 Å². The summed E-state index contributed by atoms with van der Waals surface area (Å²) in [5.41, 5.74) is 0.444. The van der Waals surface area contributed by atoms with Crippen LogP contribution in [0.25, 0.3) is 0 Å². The van der Waals surface area contributed by atoms with Crippen molar-refractivity contribution in [1.82, 2.24) is 4.98 Å². The molecule has 3 nitrogen and oxygen atoms in total. The molecule has 0 amide bonds. The van der Waals surface area contributed by atoms with Crippen LogP contribution in [0.2, 0.25) is 5.15 Å². The molecule has 0 aliphatic carbocycles. The zero-order valence-corrected chi connectivity index (χ0v) is 8.78. The predicted molar refractivity (Wildman–Crippen MR) is 52.4 cm³/mol. The number of ether oxygens (including phenoxy) is 1. The van der Waals surface area contributed by atoms with Crippen LogP contribution in [0.3, 0.4) is 0 Å². The first-order chi connectivity index (χ1) is 6.19. The van der Waals surface area contributed by atoms with E-state index in [1.54, 1.807) is 6.07 Å². The maximum atomic E-state index is 11.2. The molecule has 0 fully saturated rings. The summed E-state index contributed by atoms with van der Waals surface area (Å²) in [6.45, 7) is 0. The molecule has 1 aromatic heterocycles. The average molecular weight is 218 g/mol. The lowest BCUT2D eigenvalue weighted by molar-refractivity contribution is 0.0596. The van der Waals surface area contributed by atoms with Crippen molar-refractivity contribution in [3.8, 4) is 0 Å². The minimum Gasteiger partial charge on any atom is -0.465 e. The Hall–Kier alpha value is -0.740. The molecule has 70 valence electrons. The second-order valence-electron chi connectivity index (χ2n) is 2.20. The SMILES string of the molecule is COC(=O)c1cnc(Cl)cc1SC. The van der Waals surface area contributed by atoms with Gasteiger partial charge in [-0.05, 0) is 12.3 Å². The predicted octanol–water partition coefficient (Wildman–Crippen LogP) is 2.24. The fraction of sp³-hybridized carbons (Fsp3) is 0.250. The molecule has 1 heterocycles. The zero-order chi connectivity index (χ0) is 9.84. The quantitative estimate of drug-likeness (QED) is 0.433. The Balaban J connectivity index is 3.13. The van der Waals surface area contributed by atoms with Gasteiger partial charge in [0.05, 0.1) is 12.7 Å². The Labute approximate surface area is 85.4 Å². The summed E-state index contributed by atoms with van der Waals surface area (Å²) in [6, 6.07) is 1.64. The highest BCUT2D eigenvalue weighted by atomic mass is 35.5. The number of aromatic nitrogens is 1. The first kappa shape index (κ1) is 10.3. The van der Waals surface area contributed by atoms with E-state index in [1.807, 2.05) is 6.26 Å². The summed E-state index contributed by atoms with van der Waals surface area (Å²) in [5, 5.41) is 0.372. The van der Waals surface area contributed by atoms with Crippen molar-refractivity contribution in [2.75, 3.05) is 13.4 Å². The Morgan fingerprint density at radius 3 is 2.92 bits per heavy atom. The number of rotatable bonds is 2. The first-order valence-corrected chi connectivity index (χ1v) is 5.07. The largest absolute Gasteiger partial charge is 0.465 e. The summed E-state index contributed by atoms with van der Waals surface area (Å²) < 4.78 is 4.58. The van der Waals surface area contributed by atoms with E-state index in [9.17, 15) is 4.79 Å². The molecule has 0 unspecified atom stereocenters. The van der Waals surface area contributed by atoms with Gasteiger partial charge in [0.1, 0.15) is 5.15 Å². The number of thioether (sulfide) groups is 1. The monoisotopic (exact) mass is 217 g/mol. The molecule has 13 heavy (non-hydrogen) atoms. The van der Waals surface area contributed by atoms with E-state index in [4.69, 9.17) is 11.6 Å². The molecule has 1 rings (SSSR count). The molecular formula is C8H8ClNO2S. The molecule has 0 bridgehead atoms. The van der Waals surface area contributed by atoms with Crippen molar-refractivity contribution in [3.63, 3.8) is 0 Å². The van der Waals surface area contributed by atoms with Crippen molar-refractivity contribution in [2.24, 2.45) is 0 Å². The number of hydrogen-bond acceptors (Lipinski definition) is 4. The summed E-state index contributed by atoms with van der Waals surface area (Å²) in [5.74, 6) is -0.395. The van der Waals surface area contributed by atoms with E-state index >= 15 is 0 Å². The molecule has 1 aromatic rings. The van der Waals surface area contributed by atoms with Crippen LogP contribution in [-0.4, -0.2) is 24.3 Å². The molecule has 0 atom stereocenters. The summed E-state index contributed by atoms with van der Waals surface area (Å²) in [6.07, 6.45) is 3.28. The number of pyridine rings is 1. The number of halogens is 1. The number of esters is 1. The van der Waals surface area contributed by atoms with Gasteiger partial charge in [0.15, 0.2) is 0 Å². The molecule has 0 aromatic carbocycles. The third-order valence-electron chi connectivity index (χ3n) is 1.46. The van der Waals surface area contributed by atoms with Gasteiger partial charge in [-0.25, -0.2) is 9.78 Å². The Morgan fingerprint density at radius 1 is 1.69 bits per heavy atom. The lowest BCUT2D eigenvalue weighted by Crippen LogP contribution is -2.03. The number of hydrogen-bond donors (Lipinski definition) is 0. The molecule has 0 aliphatic rings. The fourth-order valence-electron chi connectivity index (χ4n) is 0.845. The molecule has 0 saturated carbocycles. The van der Waals surface area contributed by atoms with Crippen molar-refractivity contribution in [1.29, 1.82) is 0 Å². The minimum absolute atomic E-state index is 0.372.